The van der Waals surface area contributed by atoms with Gasteiger partial charge in [-0.05, 0) is 51.4 Å². The molecule has 2 rings (SSSR count). The van der Waals surface area contributed by atoms with Crippen molar-refractivity contribution in [2.75, 3.05) is 25.0 Å². The number of benzene rings is 1. The van der Waals surface area contributed by atoms with Crippen molar-refractivity contribution in [3.05, 3.63) is 29.3 Å². The van der Waals surface area contributed by atoms with Gasteiger partial charge in [0.05, 0.1) is 11.3 Å². The number of anilines is 1. The lowest BCUT2D eigenvalue weighted by molar-refractivity contribution is 0.0690. The van der Waals surface area contributed by atoms with Gasteiger partial charge in [0.15, 0.2) is 11.6 Å². The molecule has 0 saturated carbocycles. The summed E-state index contributed by atoms with van der Waals surface area (Å²) in [6.45, 7) is 1.47. The monoisotopic (exact) mass is 298 g/mol. The van der Waals surface area contributed by atoms with E-state index in [0.29, 0.717) is 6.54 Å². The van der Waals surface area contributed by atoms with Gasteiger partial charge in [-0.25, -0.2) is 13.6 Å². The van der Waals surface area contributed by atoms with Gasteiger partial charge in [0, 0.05) is 12.6 Å². The molecule has 1 unspecified atom stereocenters. The maximum Gasteiger partial charge on any atom is 0.338 e. The van der Waals surface area contributed by atoms with Crippen molar-refractivity contribution >= 4 is 11.7 Å². The minimum absolute atomic E-state index is 0.149. The molecule has 6 heteroatoms. The van der Waals surface area contributed by atoms with Crippen LogP contribution in [-0.2, 0) is 0 Å². The van der Waals surface area contributed by atoms with E-state index in [1.165, 1.54) is 6.07 Å². The van der Waals surface area contributed by atoms with Crippen LogP contribution in [0, 0.1) is 11.6 Å². The summed E-state index contributed by atoms with van der Waals surface area (Å²) in [5.74, 6) is -3.80. The number of rotatable bonds is 5. The fourth-order valence-electron chi connectivity index (χ4n) is 2.86. The molecule has 21 heavy (non-hydrogen) atoms. The highest BCUT2D eigenvalue weighted by molar-refractivity contribution is 5.88. The highest BCUT2D eigenvalue weighted by Crippen LogP contribution is 2.30. The summed E-state index contributed by atoms with van der Waals surface area (Å²) in [5.41, 5.74) is -0.460. The lowest BCUT2D eigenvalue weighted by Gasteiger charge is -2.38. The molecule has 1 heterocycles. The molecule has 1 aliphatic rings. The van der Waals surface area contributed by atoms with E-state index in [9.17, 15) is 13.6 Å². The van der Waals surface area contributed by atoms with Gasteiger partial charge < -0.3 is 15.3 Å². The van der Waals surface area contributed by atoms with Gasteiger partial charge in [-0.15, -0.1) is 0 Å². The fraction of sp³-hybridized carbons (Fsp3) is 0.533. The van der Waals surface area contributed by atoms with Crippen LogP contribution in [0.5, 0.6) is 0 Å². The molecule has 0 radical (unpaired) electrons. The molecule has 4 nitrogen and oxygen atoms in total. The molecule has 116 valence electrons. The van der Waals surface area contributed by atoms with Crippen LogP contribution in [0.1, 0.15) is 36.0 Å². The molecule has 1 aromatic carbocycles. The molecule has 1 atom stereocenters. The summed E-state index contributed by atoms with van der Waals surface area (Å²) >= 11 is 0. The highest BCUT2D eigenvalue weighted by Gasteiger charge is 2.27. The van der Waals surface area contributed by atoms with Gasteiger partial charge in [-0.3, -0.25) is 0 Å². The van der Waals surface area contributed by atoms with E-state index in [0.717, 1.165) is 38.3 Å². The number of carboxylic acids is 1. The third kappa shape index (κ3) is 3.32. The minimum Gasteiger partial charge on any atom is -0.478 e. The van der Waals surface area contributed by atoms with E-state index in [-0.39, 0.29) is 11.7 Å². The second-order valence-electron chi connectivity index (χ2n) is 5.30. The van der Waals surface area contributed by atoms with Gasteiger partial charge in [0.25, 0.3) is 0 Å². The van der Waals surface area contributed by atoms with Gasteiger partial charge in [-0.1, -0.05) is 0 Å². The second kappa shape index (κ2) is 6.85. The SMILES string of the molecule is CNCCC1CCCCN1c1ccc(C(=O)O)c(F)c1F. The number of nitrogens with one attached hydrogen (secondary N) is 1. The molecule has 1 aromatic rings. The molecule has 1 aliphatic heterocycles. The summed E-state index contributed by atoms with van der Waals surface area (Å²) < 4.78 is 28.1. The summed E-state index contributed by atoms with van der Waals surface area (Å²) in [7, 11) is 1.86. The predicted molar refractivity (Wildman–Crippen MR) is 76.8 cm³/mol. The Balaban J connectivity index is 2.30. The first-order valence-electron chi connectivity index (χ1n) is 7.18. The Hall–Kier alpha value is -1.69. The number of hydrogen-bond acceptors (Lipinski definition) is 3. The third-order valence-corrected chi connectivity index (χ3v) is 3.96. The van der Waals surface area contributed by atoms with Crippen LogP contribution in [-0.4, -0.2) is 37.3 Å². The van der Waals surface area contributed by atoms with Crippen LogP contribution in [0.15, 0.2) is 12.1 Å². The smallest absolute Gasteiger partial charge is 0.338 e. The summed E-state index contributed by atoms with van der Waals surface area (Å²) in [5, 5.41) is 11.9. The van der Waals surface area contributed by atoms with Crippen molar-refractivity contribution in [1.29, 1.82) is 0 Å². The minimum atomic E-state index is -1.46. The maximum absolute atomic E-state index is 14.2. The van der Waals surface area contributed by atoms with E-state index >= 15 is 0 Å². The van der Waals surface area contributed by atoms with Gasteiger partial charge in [0.1, 0.15) is 0 Å². The first-order chi connectivity index (χ1) is 10.1. The molecular formula is C15H20F2N2O2. The number of nitrogens with zero attached hydrogens (tertiary/aromatic N) is 1. The van der Waals surface area contributed by atoms with Crippen LogP contribution >= 0.6 is 0 Å². The molecular weight excluding hydrogens is 278 g/mol. The average molecular weight is 298 g/mol. The Morgan fingerprint density at radius 3 is 2.81 bits per heavy atom. The highest BCUT2D eigenvalue weighted by atomic mass is 19.2. The second-order valence-corrected chi connectivity index (χ2v) is 5.30. The quantitative estimate of drug-likeness (QED) is 0.877. The summed E-state index contributed by atoms with van der Waals surface area (Å²) in [6.07, 6.45) is 3.78. The van der Waals surface area contributed by atoms with Crippen molar-refractivity contribution in [3.63, 3.8) is 0 Å². The van der Waals surface area contributed by atoms with Crippen molar-refractivity contribution in [3.8, 4) is 0 Å². The van der Waals surface area contributed by atoms with Crippen LogP contribution < -0.4 is 10.2 Å². The number of halogens is 2. The summed E-state index contributed by atoms with van der Waals surface area (Å²) in [4.78, 5) is 12.7. The standard InChI is InChI=1S/C15H20F2N2O2/c1-18-8-7-10-4-2-3-9-19(10)12-6-5-11(15(20)21)13(16)14(12)17/h5-6,10,18H,2-4,7-9H2,1H3,(H,20,21). The molecule has 0 aromatic heterocycles. The Bertz CT molecular complexity index is 523. The van der Waals surface area contributed by atoms with Gasteiger partial charge >= 0.3 is 5.97 Å². The third-order valence-electron chi connectivity index (χ3n) is 3.96. The number of piperidine rings is 1. The number of carboxylic acid groups (broad SMARTS) is 1. The molecule has 0 aliphatic carbocycles. The Morgan fingerprint density at radius 2 is 2.14 bits per heavy atom. The first kappa shape index (κ1) is 15.7. The van der Waals surface area contributed by atoms with Crippen LogP contribution in [0.3, 0.4) is 0 Å². The number of aromatic carboxylic acids is 1. The predicted octanol–water partition coefficient (Wildman–Crippen LogP) is 2.63. The average Bonchev–Trinajstić information content (AvgIpc) is 2.48. The van der Waals surface area contributed by atoms with Gasteiger partial charge in [-0.2, -0.15) is 0 Å². The van der Waals surface area contributed by atoms with Crippen molar-refractivity contribution in [1.82, 2.24) is 5.32 Å². The lowest BCUT2D eigenvalue weighted by Crippen LogP contribution is -2.41. The number of carbonyl (C=O) groups is 1. The maximum atomic E-state index is 14.2. The largest absolute Gasteiger partial charge is 0.478 e. The van der Waals surface area contributed by atoms with E-state index in [4.69, 9.17) is 5.11 Å². The normalized spacial score (nSPS) is 18.8. The Kier molecular flexibility index (Phi) is 5.12. The molecule has 1 saturated heterocycles. The first-order valence-corrected chi connectivity index (χ1v) is 7.18. The topological polar surface area (TPSA) is 52.6 Å². The van der Waals surface area contributed by atoms with E-state index in [2.05, 4.69) is 5.32 Å². The van der Waals surface area contributed by atoms with E-state index in [1.807, 2.05) is 11.9 Å². The van der Waals surface area contributed by atoms with E-state index < -0.39 is 23.2 Å². The zero-order chi connectivity index (χ0) is 15.4. The zero-order valence-electron chi connectivity index (χ0n) is 12.0. The zero-order valence-corrected chi connectivity index (χ0v) is 12.0. The Labute approximate surface area is 122 Å². The molecule has 2 N–H and O–H groups in total. The molecule has 1 fully saturated rings. The van der Waals surface area contributed by atoms with Crippen molar-refractivity contribution in [2.45, 2.75) is 31.7 Å². The Morgan fingerprint density at radius 1 is 1.38 bits per heavy atom. The lowest BCUT2D eigenvalue weighted by atomic mass is 9.98. The number of hydrogen-bond donors (Lipinski definition) is 2. The van der Waals surface area contributed by atoms with E-state index in [1.54, 1.807) is 0 Å². The van der Waals surface area contributed by atoms with Crippen LogP contribution in [0.2, 0.25) is 0 Å². The van der Waals surface area contributed by atoms with Crippen molar-refractivity contribution < 1.29 is 18.7 Å². The summed E-state index contributed by atoms with van der Waals surface area (Å²) in [6, 6.07) is 2.66. The van der Waals surface area contributed by atoms with Crippen LogP contribution in [0.25, 0.3) is 0 Å². The van der Waals surface area contributed by atoms with Crippen LogP contribution in [0.4, 0.5) is 14.5 Å². The van der Waals surface area contributed by atoms with Crippen molar-refractivity contribution in [2.24, 2.45) is 0 Å². The fourth-order valence-corrected chi connectivity index (χ4v) is 2.86. The molecule has 0 spiro atoms. The molecule has 0 bridgehead atoms. The molecule has 0 amide bonds. The van der Waals surface area contributed by atoms with Gasteiger partial charge in [0.2, 0.25) is 0 Å².